The number of amides is 2. The van der Waals surface area contributed by atoms with E-state index in [1.807, 2.05) is 24.3 Å². The van der Waals surface area contributed by atoms with Crippen LogP contribution in [0.15, 0.2) is 61.1 Å². The first-order chi connectivity index (χ1) is 18.4. The maximum absolute atomic E-state index is 14.1. The zero-order valence-electron chi connectivity index (χ0n) is 22.5. The number of carbonyl (C=O) groups excluding carboxylic acids is 2. The summed E-state index contributed by atoms with van der Waals surface area (Å²) in [5.74, 6) is 0.626. The van der Waals surface area contributed by atoms with Gasteiger partial charge in [-0.1, -0.05) is 57.4 Å². The summed E-state index contributed by atoms with van der Waals surface area (Å²) in [5, 5.41) is 3.24. The van der Waals surface area contributed by atoms with E-state index in [1.165, 1.54) is 37.0 Å². The summed E-state index contributed by atoms with van der Waals surface area (Å²) in [6, 6.07) is 12.2. The summed E-state index contributed by atoms with van der Waals surface area (Å²) < 4.78 is 10.9. The lowest BCUT2D eigenvalue weighted by Crippen LogP contribution is -2.47. The number of hydrogen-bond donors (Lipinski definition) is 1. The Morgan fingerprint density at radius 3 is 2.21 bits per heavy atom. The molecule has 0 radical (unpaired) electrons. The molecule has 8 heteroatoms. The first kappa shape index (κ1) is 27.1. The smallest absolute Gasteiger partial charge is 0.279 e. The SMILES string of the molecule is COc1ccc(N(C(=O)c2cnccn2)C(C(=O)NC2CCCCC2)c2ccc(C(C)C)cc2)cc1OC. The molecule has 1 aliphatic rings. The van der Waals surface area contributed by atoms with Crippen LogP contribution in [0, 0.1) is 0 Å². The Labute approximate surface area is 224 Å². The van der Waals surface area contributed by atoms with E-state index in [4.69, 9.17) is 9.47 Å². The second-order valence-electron chi connectivity index (χ2n) is 9.87. The normalized spacial score (nSPS) is 14.6. The number of anilines is 1. The van der Waals surface area contributed by atoms with Crippen molar-refractivity contribution < 1.29 is 19.1 Å². The minimum atomic E-state index is -0.939. The minimum Gasteiger partial charge on any atom is -0.493 e. The molecule has 1 fully saturated rings. The van der Waals surface area contributed by atoms with Crippen LogP contribution in [0.5, 0.6) is 11.5 Å². The molecule has 0 saturated heterocycles. The molecule has 0 spiro atoms. The number of ether oxygens (including phenoxy) is 2. The van der Waals surface area contributed by atoms with Crippen molar-refractivity contribution in [2.24, 2.45) is 0 Å². The van der Waals surface area contributed by atoms with Crippen molar-refractivity contribution in [1.29, 1.82) is 0 Å². The van der Waals surface area contributed by atoms with Crippen molar-refractivity contribution in [2.75, 3.05) is 19.1 Å². The molecule has 1 N–H and O–H groups in total. The maximum Gasteiger partial charge on any atom is 0.279 e. The Morgan fingerprint density at radius 1 is 0.921 bits per heavy atom. The number of methoxy groups -OCH3 is 2. The van der Waals surface area contributed by atoms with E-state index in [2.05, 4.69) is 29.1 Å². The van der Waals surface area contributed by atoms with E-state index >= 15 is 0 Å². The lowest BCUT2D eigenvalue weighted by molar-refractivity contribution is -0.123. The predicted molar refractivity (Wildman–Crippen MR) is 147 cm³/mol. The van der Waals surface area contributed by atoms with Gasteiger partial charge in [0.25, 0.3) is 5.91 Å². The van der Waals surface area contributed by atoms with Crippen LogP contribution in [-0.4, -0.2) is 42.0 Å². The molecule has 1 saturated carbocycles. The van der Waals surface area contributed by atoms with Crippen LogP contribution in [0.3, 0.4) is 0 Å². The first-order valence-corrected chi connectivity index (χ1v) is 13.1. The minimum absolute atomic E-state index is 0.0764. The molecule has 1 aliphatic carbocycles. The van der Waals surface area contributed by atoms with Crippen molar-refractivity contribution in [3.8, 4) is 11.5 Å². The number of rotatable bonds is 9. The Balaban J connectivity index is 1.85. The Hall–Kier alpha value is -3.94. The Bertz CT molecular complexity index is 1220. The highest BCUT2D eigenvalue weighted by molar-refractivity contribution is 6.09. The number of nitrogens with one attached hydrogen (secondary N) is 1. The summed E-state index contributed by atoms with van der Waals surface area (Å²) in [6.07, 6.45) is 9.58. The van der Waals surface area contributed by atoms with Gasteiger partial charge in [0.1, 0.15) is 11.7 Å². The summed E-state index contributed by atoms with van der Waals surface area (Å²) in [4.78, 5) is 37.9. The van der Waals surface area contributed by atoms with Crippen LogP contribution < -0.4 is 19.7 Å². The fraction of sp³-hybridized carbons (Fsp3) is 0.400. The van der Waals surface area contributed by atoms with Crippen molar-refractivity contribution in [3.05, 3.63) is 77.9 Å². The number of nitrogens with zero attached hydrogens (tertiary/aromatic N) is 3. The third kappa shape index (κ3) is 6.13. The van der Waals surface area contributed by atoms with Gasteiger partial charge in [0.2, 0.25) is 5.91 Å². The highest BCUT2D eigenvalue weighted by Crippen LogP contribution is 2.36. The number of carbonyl (C=O) groups is 2. The molecule has 38 heavy (non-hydrogen) atoms. The predicted octanol–water partition coefficient (Wildman–Crippen LogP) is 5.45. The van der Waals surface area contributed by atoms with Crippen LogP contribution in [0.2, 0.25) is 0 Å². The molecule has 8 nitrogen and oxygen atoms in total. The molecule has 1 heterocycles. The molecule has 200 valence electrons. The van der Waals surface area contributed by atoms with Gasteiger partial charge < -0.3 is 14.8 Å². The van der Waals surface area contributed by atoms with Gasteiger partial charge in [0.15, 0.2) is 11.5 Å². The largest absolute Gasteiger partial charge is 0.493 e. The molecule has 0 aliphatic heterocycles. The highest BCUT2D eigenvalue weighted by atomic mass is 16.5. The summed E-state index contributed by atoms with van der Waals surface area (Å²) in [6.45, 7) is 4.24. The summed E-state index contributed by atoms with van der Waals surface area (Å²) >= 11 is 0. The molecule has 1 unspecified atom stereocenters. The van der Waals surface area contributed by atoms with E-state index in [0.29, 0.717) is 28.7 Å². The fourth-order valence-corrected chi connectivity index (χ4v) is 4.90. The van der Waals surface area contributed by atoms with Crippen LogP contribution in [0.1, 0.15) is 79.5 Å². The van der Waals surface area contributed by atoms with Gasteiger partial charge in [-0.05, 0) is 42.0 Å². The van der Waals surface area contributed by atoms with E-state index in [0.717, 1.165) is 31.2 Å². The maximum atomic E-state index is 14.1. The third-order valence-electron chi connectivity index (χ3n) is 7.02. The lowest BCUT2D eigenvalue weighted by Gasteiger charge is -2.33. The summed E-state index contributed by atoms with van der Waals surface area (Å²) in [7, 11) is 3.09. The zero-order valence-corrected chi connectivity index (χ0v) is 22.5. The van der Waals surface area contributed by atoms with Crippen molar-refractivity contribution in [2.45, 2.75) is 64.0 Å². The quantitative estimate of drug-likeness (QED) is 0.406. The average molecular weight is 517 g/mol. The lowest BCUT2D eigenvalue weighted by atomic mass is 9.94. The number of hydrogen-bond acceptors (Lipinski definition) is 6. The van der Waals surface area contributed by atoms with Crippen LogP contribution in [-0.2, 0) is 4.79 Å². The van der Waals surface area contributed by atoms with E-state index in [-0.39, 0.29) is 17.6 Å². The van der Waals surface area contributed by atoms with Crippen molar-refractivity contribution >= 4 is 17.5 Å². The third-order valence-corrected chi connectivity index (χ3v) is 7.02. The van der Waals surface area contributed by atoms with Gasteiger partial charge in [-0.15, -0.1) is 0 Å². The molecule has 2 amide bonds. The molecular formula is C30H36N4O4. The molecule has 1 atom stereocenters. The first-order valence-electron chi connectivity index (χ1n) is 13.1. The number of aromatic nitrogens is 2. The number of benzene rings is 2. The second kappa shape index (κ2) is 12.5. The molecule has 4 rings (SSSR count). The van der Waals surface area contributed by atoms with Gasteiger partial charge in [-0.25, -0.2) is 4.98 Å². The molecule has 2 aromatic carbocycles. The van der Waals surface area contributed by atoms with E-state index < -0.39 is 11.9 Å². The molecular weight excluding hydrogens is 480 g/mol. The van der Waals surface area contributed by atoms with Crippen molar-refractivity contribution in [1.82, 2.24) is 15.3 Å². The van der Waals surface area contributed by atoms with Crippen LogP contribution >= 0.6 is 0 Å². The monoisotopic (exact) mass is 516 g/mol. The highest BCUT2D eigenvalue weighted by Gasteiger charge is 2.35. The molecule has 1 aromatic heterocycles. The molecule has 3 aromatic rings. The van der Waals surface area contributed by atoms with Gasteiger partial charge in [-0.2, -0.15) is 0 Å². The van der Waals surface area contributed by atoms with E-state index in [9.17, 15) is 9.59 Å². The van der Waals surface area contributed by atoms with Crippen molar-refractivity contribution in [3.63, 3.8) is 0 Å². The second-order valence-corrected chi connectivity index (χ2v) is 9.87. The summed E-state index contributed by atoms with van der Waals surface area (Å²) in [5.41, 5.74) is 2.47. The average Bonchev–Trinajstić information content (AvgIpc) is 2.96. The Kier molecular flexibility index (Phi) is 8.94. The van der Waals surface area contributed by atoms with E-state index in [1.54, 1.807) is 25.3 Å². The van der Waals surface area contributed by atoms with Gasteiger partial charge >= 0.3 is 0 Å². The van der Waals surface area contributed by atoms with Gasteiger partial charge in [0.05, 0.1) is 20.4 Å². The van der Waals surface area contributed by atoms with Gasteiger partial charge in [-0.3, -0.25) is 19.5 Å². The topological polar surface area (TPSA) is 93.7 Å². The standard InChI is InChI=1S/C30H36N4O4/c1-20(2)21-10-12-22(13-11-21)28(29(35)33-23-8-6-5-7-9-23)34(30(36)25-19-31-16-17-32-25)24-14-15-26(37-3)27(18-24)38-4/h10-20,23,28H,5-9H2,1-4H3,(H,33,35). The molecule has 0 bridgehead atoms. The van der Waals surface area contributed by atoms with Crippen LogP contribution in [0.4, 0.5) is 5.69 Å². The zero-order chi connectivity index (χ0) is 27.1. The fourth-order valence-electron chi connectivity index (χ4n) is 4.90. The van der Waals surface area contributed by atoms with Crippen LogP contribution in [0.25, 0.3) is 0 Å². The van der Waals surface area contributed by atoms with Gasteiger partial charge in [0, 0.05) is 30.2 Å². The Morgan fingerprint density at radius 2 is 1.61 bits per heavy atom.